The molecule has 0 bridgehead atoms. The van der Waals surface area contributed by atoms with Gasteiger partial charge >= 0.3 is 0 Å². The second-order valence-corrected chi connectivity index (χ2v) is 6.47. The lowest BCUT2D eigenvalue weighted by molar-refractivity contribution is -0.115. The van der Waals surface area contributed by atoms with Gasteiger partial charge in [0.15, 0.2) is 5.16 Å². The molecule has 7 heteroatoms. The van der Waals surface area contributed by atoms with E-state index in [1.165, 1.54) is 23.4 Å². The summed E-state index contributed by atoms with van der Waals surface area (Å²) in [7, 11) is 0. The number of nitrogens with zero attached hydrogens (tertiary/aromatic N) is 2. The molecule has 0 aliphatic heterocycles. The molecule has 0 spiro atoms. The second-order valence-electron chi connectivity index (χ2n) is 5.30. The van der Waals surface area contributed by atoms with Crippen molar-refractivity contribution in [2.45, 2.75) is 37.6 Å². The Morgan fingerprint density at radius 2 is 1.83 bits per heavy atom. The van der Waals surface area contributed by atoms with E-state index in [0.717, 1.165) is 11.3 Å². The normalized spacial score (nSPS) is 12.0. The lowest BCUT2D eigenvalue weighted by Crippen LogP contribution is -2.25. The van der Waals surface area contributed by atoms with Crippen LogP contribution < -0.4 is 16.8 Å². The maximum atomic E-state index is 12.5. The first-order valence-corrected chi connectivity index (χ1v) is 8.21. The quantitative estimate of drug-likeness (QED) is 0.574. The predicted molar refractivity (Wildman–Crippen MR) is 95.3 cm³/mol. The second kappa shape index (κ2) is 7.32. The van der Waals surface area contributed by atoms with E-state index < -0.39 is 0 Å². The van der Waals surface area contributed by atoms with Crippen molar-refractivity contribution in [3.05, 3.63) is 35.4 Å². The summed E-state index contributed by atoms with van der Waals surface area (Å²) in [5.74, 6) is 0.499. The third kappa shape index (κ3) is 4.59. The van der Waals surface area contributed by atoms with E-state index >= 15 is 0 Å². The molecule has 1 heterocycles. The summed E-state index contributed by atoms with van der Waals surface area (Å²) < 4.78 is 0. The number of aromatic nitrogens is 2. The minimum absolute atomic E-state index is 0.0923. The van der Waals surface area contributed by atoms with Gasteiger partial charge in [-0.1, -0.05) is 24.8 Å². The number of benzene rings is 1. The van der Waals surface area contributed by atoms with Crippen molar-refractivity contribution in [2.75, 3.05) is 16.8 Å². The van der Waals surface area contributed by atoms with Gasteiger partial charge in [0.2, 0.25) is 5.91 Å². The van der Waals surface area contributed by atoms with Crippen molar-refractivity contribution >= 4 is 35.0 Å². The predicted octanol–water partition coefficient (Wildman–Crippen LogP) is 2.77. The first-order valence-electron chi connectivity index (χ1n) is 7.34. The molecule has 1 aromatic heterocycles. The summed E-state index contributed by atoms with van der Waals surface area (Å²) in [6, 6.07) is 7.33. The van der Waals surface area contributed by atoms with Crippen molar-refractivity contribution in [2.24, 2.45) is 0 Å². The van der Waals surface area contributed by atoms with Gasteiger partial charge in [0.05, 0.1) is 5.25 Å². The molecule has 1 atom stereocenters. The Kier molecular flexibility index (Phi) is 5.44. The number of nitrogens with two attached hydrogens (primary N) is 2. The lowest BCUT2D eigenvalue weighted by atomic mass is 10.1. The molecule has 23 heavy (non-hydrogen) atoms. The van der Waals surface area contributed by atoms with Gasteiger partial charge in [0.1, 0.15) is 11.6 Å². The summed E-state index contributed by atoms with van der Waals surface area (Å²) in [6.45, 7) is 5.99. The Bertz CT molecular complexity index is 699. The summed E-state index contributed by atoms with van der Waals surface area (Å²) in [5, 5.41) is 3.02. The van der Waals surface area contributed by atoms with Gasteiger partial charge in [-0.25, -0.2) is 9.97 Å². The lowest BCUT2D eigenvalue weighted by Gasteiger charge is -2.15. The van der Waals surface area contributed by atoms with E-state index in [0.29, 0.717) is 23.2 Å². The van der Waals surface area contributed by atoms with E-state index in [1.807, 2.05) is 39.0 Å². The van der Waals surface area contributed by atoms with Crippen LogP contribution in [0.2, 0.25) is 0 Å². The molecule has 6 nitrogen and oxygen atoms in total. The van der Waals surface area contributed by atoms with Crippen LogP contribution in [-0.2, 0) is 4.79 Å². The summed E-state index contributed by atoms with van der Waals surface area (Å²) in [5.41, 5.74) is 14.4. The van der Waals surface area contributed by atoms with Crippen LogP contribution in [0.3, 0.4) is 0 Å². The maximum absolute atomic E-state index is 12.5. The van der Waals surface area contributed by atoms with Gasteiger partial charge < -0.3 is 16.8 Å². The van der Waals surface area contributed by atoms with Crippen LogP contribution in [0.5, 0.6) is 0 Å². The third-order valence-corrected chi connectivity index (χ3v) is 4.66. The van der Waals surface area contributed by atoms with E-state index in [4.69, 9.17) is 11.5 Å². The number of rotatable bonds is 5. The molecule has 122 valence electrons. The fourth-order valence-corrected chi connectivity index (χ4v) is 2.91. The van der Waals surface area contributed by atoms with E-state index in [2.05, 4.69) is 15.3 Å². The Morgan fingerprint density at radius 3 is 2.39 bits per heavy atom. The molecule has 0 saturated heterocycles. The molecule has 2 rings (SSSR count). The van der Waals surface area contributed by atoms with Crippen LogP contribution in [0.15, 0.2) is 29.4 Å². The van der Waals surface area contributed by atoms with Crippen LogP contribution in [-0.4, -0.2) is 21.1 Å². The molecule has 1 amide bonds. The number of anilines is 3. The number of aryl methyl sites for hydroxylation is 2. The fourth-order valence-electron chi connectivity index (χ4n) is 2.01. The molecular weight excluding hydrogens is 310 g/mol. The summed E-state index contributed by atoms with van der Waals surface area (Å²) >= 11 is 1.26. The van der Waals surface area contributed by atoms with Gasteiger partial charge in [-0.2, -0.15) is 0 Å². The van der Waals surface area contributed by atoms with E-state index in [9.17, 15) is 4.79 Å². The molecule has 2 aromatic rings. The van der Waals surface area contributed by atoms with Crippen LogP contribution in [0, 0.1) is 13.8 Å². The number of amides is 1. The fraction of sp³-hybridized carbons (Fsp3) is 0.312. The van der Waals surface area contributed by atoms with Crippen molar-refractivity contribution in [1.29, 1.82) is 0 Å². The molecule has 0 radical (unpaired) electrons. The molecule has 5 N–H and O–H groups in total. The molecule has 0 fully saturated rings. The number of hydrogen-bond acceptors (Lipinski definition) is 6. The molecule has 1 aromatic carbocycles. The van der Waals surface area contributed by atoms with Crippen LogP contribution in [0.25, 0.3) is 0 Å². The smallest absolute Gasteiger partial charge is 0.237 e. The van der Waals surface area contributed by atoms with Crippen molar-refractivity contribution in [3.8, 4) is 0 Å². The zero-order valence-corrected chi connectivity index (χ0v) is 14.3. The first kappa shape index (κ1) is 17.1. The van der Waals surface area contributed by atoms with Gasteiger partial charge in [0, 0.05) is 11.8 Å². The highest BCUT2D eigenvalue weighted by Crippen LogP contribution is 2.25. The Morgan fingerprint density at radius 1 is 1.17 bits per heavy atom. The molecular formula is C16H21N5OS. The number of hydrogen-bond donors (Lipinski definition) is 3. The Hall–Kier alpha value is -2.28. The topological polar surface area (TPSA) is 107 Å². The first-order chi connectivity index (χ1) is 10.9. The maximum Gasteiger partial charge on any atom is 0.237 e. The standard InChI is InChI=1S/C16H21N5OS/c1-4-12(23-16-20-13(17)8-14(18)21-16)15(22)19-11-6-5-9(2)10(3)7-11/h5-8,12H,4H2,1-3H3,(H,19,22)(H4,17,18,20,21). The number of carbonyl (C=O) groups is 1. The van der Waals surface area contributed by atoms with Gasteiger partial charge in [-0.05, 0) is 43.5 Å². The zero-order valence-electron chi connectivity index (χ0n) is 13.5. The van der Waals surface area contributed by atoms with Gasteiger partial charge in [-0.15, -0.1) is 0 Å². The Labute approximate surface area is 140 Å². The van der Waals surface area contributed by atoms with E-state index in [-0.39, 0.29) is 11.2 Å². The summed E-state index contributed by atoms with van der Waals surface area (Å²) in [6.07, 6.45) is 0.638. The van der Waals surface area contributed by atoms with Crippen molar-refractivity contribution < 1.29 is 4.79 Å². The van der Waals surface area contributed by atoms with Crippen molar-refractivity contribution in [3.63, 3.8) is 0 Å². The number of thioether (sulfide) groups is 1. The molecule has 0 aliphatic rings. The van der Waals surface area contributed by atoms with Crippen LogP contribution in [0.4, 0.5) is 17.3 Å². The summed E-state index contributed by atoms with van der Waals surface area (Å²) in [4.78, 5) is 20.7. The molecule has 0 saturated carbocycles. The van der Waals surface area contributed by atoms with Crippen molar-refractivity contribution in [1.82, 2.24) is 9.97 Å². The van der Waals surface area contributed by atoms with Crippen LogP contribution >= 0.6 is 11.8 Å². The SMILES string of the molecule is CCC(Sc1nc(N)cc(N)n1)C(=O)Nc1ccc(C)c(C)c1. The van der Waals surface area contributed by atoms with Gasteiger partial charge in [0.25, 0.3) is 0 Å². The largest absolute Gasteiger partial charge is 0.383 e. The van der Waals surface area contributed by atoms with Gasteiger partial charge in [-0.3, -0.25) is 4.79 Å². The van der Waals surface area contributed by atoms with E-state index in [1.54, 1.807) is 0 Å². The molecule has 0 aliphatic carbocycles. The highest BCUT2D eigenvalue weighted by atomic mass is 32.2. The average molecular weight is 331 g/mol. The number of nitrogen functional groups attached to an aromatic ring is 2. The third-order valence-electron chi connectivity index (χ3n) is 3.43. The highest BCUT2D eigenvalue weighted by Gasteiger charge is 2.20. The number of nitrogens with one attached hydrogen (secondary N) is 1. The molecule has 1 unspecified atom stereocenters. The highest BCUT2D eigenvalue weighted by molar-refractivity contribution is 8.00. The Balaban J connectivity index is 2.10. The average Bonchev–Trinajstić information content (AvgIpc) is 2.47. The zero-order chi connectivity index (χ0) is 17.0. The monoisotopic (exact) mass is 331 g/mol. The minimum Gasteiger partial charge on any atom is -0.383 e. The minimum atomic E-state index is -0.321. The number of carbonyl (C=O) groups excluding carboxylic acids is 1. The van der Waals surface area contributed by atoms with Crippen LogP contribution in [0.1, 0.15) is 24.5 Å².